The second-order valence-electron chi connectivity index (χ2n) is 5.66. The van der Waals surface area contributed by atoms with Gasteiger partial charge in [0.15, 0.2) is 0 Å². The van der Waals surface area contributed by atoms with Crippen LogP contribution in [0.25, 0.3) is 11.0 Å². The molecule has 0 aliphatic heterocycles. The highest BCUT2D eigenvalue weighted by Crippen LogP contribution is 2.21. The Morgan fingerprint density at radius 3 is 2.75 bits per heavy atom. The maximum Gasteiger partial charge on any atom is 0.260 e. The summed E-state index contributed by atoms with van der Waals surface area (Å²) in [6, 6.07) is 11.2. The van der Waals surface area contributed by atoms with Crippen molar-refractivity contribution in [1.29, 1.82) is 0 Å². The van der Waals surface area contributed by atoms with Crippen molar-refractivity contribution in [2.45, 2.75) is 20.4 Å². The maximum atomic E-state index is 12.0. The minimum Gasteiger partial charge on any atom is -0.507 e. The van der Waals surface area contributed by atoms with Crippen molar-refractivity contribution in [2.24, 2.45) is 5.10 Å². The number of aromatic hydroxyl groups is 1. The number of carbonyl (C=O) groups is 1. The van der Waals surface area contributed by atoms with Crippen LogP contribution in [-0.2, 0) is 11.3 Å². The number of amides is 1. The molecule has 6 heteroatoms. The summed E-state index contributed by atoms with van der Waals surface area (Å²) < 4.78 is 1.77. The zero-order chi connectivity index (χ0) is 17.1. The van der Waals surface area contributed by atoms with Gasteiger partial charge in [-0.2, -0.15) is 5.10 Å². The van der Waals surface area contributed by atoms with E-state index < -0.39 is 0 Å². The Morgan fingerprint density at radius 1 is 1.29 bits per heavy atom. The summed E-state index contributed by atoms with van der Waals surface area (Å²) in [6.07, 6.45) is 3.20. The minimum absolute atomic E-state index is 0.144. The third kappa shape index (κ3) is 3.27. The molecule has 0 aliphatic carbocycles. The van der Waals surface area contributed by atoms with E-state index in [1.807, 2.05) is 38.1 Å². The number of para-hydroxylation sites is 2. The lowest BCUT2D eigenvalue weighted by Crippen LogP contribution is -2.22. The van der Waals surface area contributed by atoms with Crippen LogP contribution in [0.2, 0.25) is 0 Å². The minimum atomic E-state index is -0.235. The average molecular weight is 322 g/mol. The maximum absolute atomic E-state index is 12.0. The Labute approximate surface area is 139 Å². The van der Waals surface area contributed by atoms with E-state index in [-0.39, 0.29) is 18.2 Å². The number of rotatable bonds is 4. The number of nitrogens with one attached hydrogen (secondary N) is 1. The molecular weight excluding hydrogens is 304 g/mol. The molecule has 0 radical (unpaired) electrons. The smallest absolute Gasteiger partial charge is 0.260 e. The quantitative estimate of drug-likeness (QED) is 0.572. The fourth-order valence-corrected chi connectivity index (χ4v) is 2.57. The normalized spacial score (nSPS) is 11.2. The second-order valence-corrected chi connectivity index (χ2v) is 5.66. The van der Waals surface area contributed by atoms with Crippen LogP contribution in [0.5, 0.6) is 5.75 Å². The Hall–Kier alpha value is -3.15. The van der Waals surface area contributed by atoms with Gasteiger partial charge >= 0.3 is 0 Å². The summed E-state index contributed by atoms with van der Waals surface area (Å²) in [7, 11) is 0. The lowest BCUT2D eigenvalue weighted by molar-refractivity contribution is -0.121. The van der Waals surface area contributed by atoms with Crippen LogP contribution in [0.1, 0.15) is 16.7 Å². The number of nitrogens with zero attached hydrogens (tertiary/aromatic N) is 3. The largest absolute Gasteiger partial charge is 0.507 e. The molecule has 0 saturated carbocycles. The zero-order valence-corrected chi connectivity index (χ0v) is 13.5. The Bertz CT molecular complexity index is 905. The topological polar surface area (TPSA) is 79.5 Å². The van der Waals surface area contributed by atoms with E-state index in [0.29, 0.717) is 0 Å². The van der Waals surface area contributed by atoms with E-state index in [4.69, 9.17) is 0 Å². The molecule has 0 aliphatic rings. The molecule has 122 valence electrons. The highest BCUT2D eigenvalue weighted by atomic mass is 16.3. The van der Waals surface area contributed by atoms with E-state index in [1.54, 1.807) is 29.2 Å². The number of aryl methyl sites for hydroxylation is 2. The molecule has 2 aromatic carbocycles. The number of phenolic OH excluding ortho intramolecular Hbond substituents is 1. The van der Waals surface area contributed by atoms with Crippen molar-refractivity contribution < 1.29 is 9.90 Å². The Morgan fingerprint density at radius 2 is 2.00 bits per heavy atom. The molecule has 0 bridgehead atoms. The SMILES string of the molecule is Cc1cc(/C=N/NC(=O)Cn2cnc3ccccc32)cc(C)c1O. The summed E-state index contributed by atoms with van der Waals surface area (Å²) >= 11 is 0. The molecule has 1 aromatic heterocycles. The molecule has 3 aromatic rings. The molecule has 6 nitrogen and oxygen atoms in total. The number of imidazole rings is 1. The number of aromatic nitrogens is 2. The molecular formula is C18H18N4O2. The van der Waals surface area contributed by atoms with Gasteiger partial charge in [-0.05, 0) is 54.8 Å². The van der Waals surface area contributed by atoms with Crippen LogP contribution in [0, 0.1) is 13.8 Å². The van der Waals surface area contributed by atoms with Crippen molar-refractivity contribution in [3.05, 3.63) is 59.4 Å². The van der Waals surface area contributed by atoms with Crippen molar-refractivity contribution in [2.75, 3.05) is 0 Å². The molecule has 1 amide bonds. The van der Waals surface area contributed by atoms with Crippen LogP contribution in [0.3, 0.4) is 0 Å². The molecule has 24 heavy (non-hydrogen) atoms. The number of carbonyl (C=O) groups excluding carboxylic acids is 1. The first-order chi connectivity index (χ1) is 11.5. The lowest BCUT2D eigenvalue weighted by Gasteiger charge is -2.05. The van der Waals surface area contributed by atoms with E-state index in [9.17, 15) is 9.90 Å². The van der Waals surface area contributed by atoms with Crippen LogP contribution in [0.4, 0.5) is 0 Å². The van der Waals surface area contributed by atoms with Crippen LogP contribution in [0.15, 0.2) is 47.8 Å². The van der Waals surface area contributed by atoms with Gasteiger partial charge in [0.1, 0.15) is 12.3 Å². The molecule has 0 saturated heterocycles. The molecule has 2 N–H and O–H groups in total. The molecule has 0 spiro atoms. The monoisotopic (exact) mass is 322 g/mol. The van der Waals surface area contributed by atoms with Gasteiger partial charge in [-0.1, -0.05) is 12.1 Å². The number of hydrogen-bond donors (Lipinski definition) is 2. The van der Waals surface area contributed by atoms with Crippen molar-refractivity contribution >= 4 is 23.2 Å². The molecule has 0 fully saturated rings. The lowest BCUT2D eigenvalue weighted by atomic mass is 10.1. The Kier molecular flexibility index (Phi) is 4.29. The Balaban J connectivity index is 1.65. The third-order valence-corrected chi connectivity index (χ3v) is 3.76. The fraction of sp³-hybridized carbons (Fsp3) is 0.167. The summed E-state index contributed by atoms with van der Waals surface area (Å²) in [4.78, 5) is 16.3. The number of phenols is 1. The summed E-state index contributed by atoms with van der Waals surface area (Å²) in [6.45, 7) is 3.79. The van der Waals surface area contributed by atoms with E-state index in [1.165, 1.54) is 0 Å². The van der Waals surface area contributed by atoms with Crippen molar-refractivity contribution in [3.8, 4) is 5.75 Å². The number of benzene rings is 2. The van der Waals surface area contributed by atoms with E-state index in [0.717, 1.165) is 27.7 Å². The first kappa shape index (κ1) is 15.7. The van der Waals surface area contributed by atoms with Crippen molar-refractivity contribution in [3.63, 3.8) is 0 Å². The average Bonchev–Trinajstić information content (AvgIpc) is 2.96. The van der Waals surface area contributed by atoms with Crippen LogP contribution >= 0.6 is 0 Å². The molecule has 0 unspecified atom stereocenters. The summed E-state index contributed by atoms with van der Waals surface area (Å²) in [5.74, 6) is 0.0461. The van der Waals surface area contributed by atoms with Gasteiger partial charge in [0, 0.05) is 0 Å². The molecule has 0 atom stereocenters. The molecule has 1 heterocycles. The second kappa shape index (κ2) is 6.54. The first-order valence-electron chi connectivity index (χ1n) is 7.56. The van der Waals surface area contributed by atoms with Gasteiger partial charge in [0.05, 0.1) is 23.6 Å². The summed E-state index contributed by atoms with van der Waals surface area (Å²) in [5.41, 5.74) is 6.62. The predicted octanol–water partition coefficient (Wildman–Crippen LogP) is 2.51. The number of fused-ring (bicyclic) bond motifs is 1. The number of hydrazone groups is 1. The predicted molar refractivity (Wildman–Crippen MR) is 93.1 cm³/mol. The van der Waals surface area contributed by atoms with Gasteiger partial charge in [-0.25, -0.2) is 10.4 Å². The molecule has 3 rings (SSSR count). The van der Waals surface area contributed by atoms with E-state index >= 15 is 0 Å². The van der Waals surface area contributed by atoms with Crippen LogP contribution in [-0.4, -0.2) is 26.8 Å². The van der Waals surface area contributed by atoms with Gasteiger partial charge < -0.3 is 9.67 Å². The zero-order valence-electron chi connectivity index (χ0n) is 13.5. The first-order valence-corrected chi connectivity index (χ1v) is 7.56. The van der Waals surface area contributed by atoms with Gasteiger partial charge in [-0.15, -0.1) is 0 Å². The van der Waals surface area contributed by atoms with Crippen molar-refractivity contribution in [1.82, 2.24) is 15.0 Å². The highest BCUT2D eigenvalue weighted by molar-refractivity contribution is 5.84. The fourth-order valence-electron chi connectivity index (χ4n) is 2.57. The van der Waals surface area contributed by atoms with Gasteiger partial charge in [-0.3, -0.25) is 4.79 Å². The summed E-state index contributed by atoms with van der Waals surface area (Å²) in [5, 5.41) is 13.7. The van der Waals surface area contributed by atoms with Gasteiger partial charge in [0.25, 0.3) is 5.91 Å². The van der Waals surface area contributed by atoms with Crippen LogP contribution < -0.4 is 5.43 Å². The number of hydrogen-bond acceptors (Lipinski definition) is 4. The standard InChI is InChI=1S/C18H18N4O2/c1-12-7-14(8-13(2)18(12)24)9-20-21-17(23)10-22-11-19-15-5-3-4-6-16(15)22/h3-9,11,24H,10H2,1-2H3,(H,21,23)/b20-9+. The third-order valence-electron chi connectivity index (χ3n) is 3.76. The van der Waals surface area contributed by atoms with Gasteiger partial charge in [0.2, 0.25) is 0 Å². The highest BCUT2D eigenvalue weighted by Gasteiger charge is 2.06. The van der Waals surface area contributed by atoms with E-state index in [2.05, 4.69) is 15.5 Å².